The summed E-state index contributed by atoms with van der Waals surface area (Å²) in [5.74, 6) is 1.07. The summed E-state index contributed by atoms with van der Waals surface area (Å²) in [6.07, 6.45) is 3.08. The maximum atomic E-state index is 12.6. The molecule has 0 saturated heterocycles. The van der Waals surface area contributed by atoms with Gasteiger partial charge in [-0.05, 0) is 79.2 Å². The van der Waals surface area contributed by atoms with E-state index in [1.54, 1.807) is 49.6 Å². The van der Waals surface area contributed by atoms with E-state index >= 15 is 0 Å². The molecule has 0 aliphatic heterocycles. The molecule has 8 heteroatoms. The Labute approximate surface area is 187 Å². The number of hydrogen-bond acceptors (Lipinski definition) is 5. The molecule has 0 radical (unpaired) electrons. The molecule has 0 atom stereocenters. The third kappa shape index (κ3) is 6.36. The van der Waals surface area contributed by atoms with Crippen molar-refractivity contribution >= 4 is 33.4 Å². The van der Waals surface area contributed by atoms with Gasteiger partial charge >= 0.3 is 0 Å². The lowest BCUT2D eigenvalue weighted by molar-refractivity contribution is -0.111. The molecule has 0 heterocycles. The molecule has 1 amide bonds. The Hall–Kier alpha value is -3.78. The highest BCUT2D eigenvalue weighted by Crippen LogP contribution is 2.21. The number of sulfonamides is 1. The number of hydrogen-bond donors (Lipinski definition) is 2. The second-order valence-corrected chi connectivity index (χ2v) is 8.37. The van der Waals surface area contributed by atoms with Crippen molar-refractivity contribution in [2.45, 2.75) is 11.8 Å². The molecular weight excluding hydrogens is 428 g/mol. The minimum absolute atomic E-state index is 0.0816. The fourth-order valence-electron chi connectivity index (χ4n) is 2.79. The zero-order valence-electron chi connectivity index (χ0n) is 17.7. The van der Waals surface area contributed by atoms with Crippen LogP contribution in [-0.4, -0.2) is 28.0 Å². The highest BCUT2D eigenvalue weighted by Gasteiger charge is 2.14. The molecule has 7 nitrogen and oxygen atoms in total. The maximum Gasteiger partial charge on any atom is 0.261 e. The van der Waals surface area contributed by atoms with Crippen molar-refractivity contribution < 1.29 is 22.7 Å². The molecule has 3 aromatic rings. The fraction of sp³-hybridized carbons (Fsp3) is 0.125. The molecule has 32 heavy (non-hydrogen) atoms. The van der Waals surface area contributed by atoms with Crippen molar-refractivity contribution in [3.63, 3.8) is 0 Å². The lowest BCUT2D eigenvalue weighted by Gasteiger charge is -2.10. The van der Waals surface area contributed by atoms with Gasteiger partial charge in [0, 0.05) is 17.5 Å². The molecule has 3 aromatic carbocycles. The van der Waals surface area contributed by atoms with Crippen molar-refractivity contribution in [2.24, 2.45) is 0 Å². The molecule has 0 fully saturated rings. The summed E-state index contributed by atoms with van der Waals surface area (Å²) in [6, 6.07) is 19.9. The fourth-order valence-corrected chi connectivity index (χ4v) is 3.85. The number of amides is 1. The summed E-state index contributed by atoms with van der Waals surface area (Å²) in [5.41, 5.74) is 1.76. The van der Waals surface area contributed by atoms with Gasteiger partial charge in [0.2, 0.25) is 5.91 Å². The largest absolute Gasteiger partial charge is 0.497 e. The molecule has 0 aromatic heterocycles. The van der Waals surface area contributed by atoms with Crippen LogP contribution in [0.25, 0.3) is 6.08 Å². The van der Waals surface area contributed by atoms with E-state index in [1.807, 2.05) is 19.1 Å². The van der Waals surface area contributed by atoms with Crippen LogP contribution in [0, 0.1) is 0 Å². The monoisotopic (exact) mass is 452 g/mol. The Balaban J connectivity index is 1.60. The normalized spacial score (nSPS) is 11.2. The van der Waals surface area contributed by atoms with E-state index in [0.29, 0.717) is 23.7 Å². The van der Waals surface area contributed by atoms with Gasteiger partial charge in [-0.1, -0.05) is 12.1 Å². The SMILES string of the molecule is CCOc1ccc(NS(=O)(=O)c2ccc(NC(=O)C=Cc3ccc(OC)cc3)cc2)cc1. The van der Waals surface area contributed by atoms with Crippen LogP contribution in [0.5, 0.6) is 11.5 Å². The minimum atomic E-state index is -3.76. The van der Waals surface area contributed by atoms with Crippen molar-refractivity contribution in [1.82, 2.24) is 0 Å². The van der Waals surface area contributed by atoms with Gasteiger partial charge < -0.3 is 14.8 Å². The predicted octanol–water partition coefficient (Wildman–Crippen LogP) is 4.55. The zero-order chi connectivity index (χ0) is 23.0. The topological polar surface area (TPSA) is 93.7 Å². The van der Waals surface area contributed by atoms with Crippen LogP contribution in [0.3, 0.4) is 0 Å². The summed E-state index contributed by atoms with van der Waals surface area (Å²) >= 11 is 0. The second kappa shape index (κ2) is 10.5. The van der Waals surface area contributed by atoms with Crippen LogP contribution in [0.2, 0.25) is 0 Å². The van der Waals surface area contributed by atoms with Gasteiger partial charge in [-0.2, -0.15) is 0 Å². The van der Waals surface area contributed by atoms with E-state index in [4.69, 9.17) is 9.47 Å². The summed E-state index contributed by atoms with van der Waals surface area (Å²) in [6.45, 7) is 2.41. The van der Waals surface area contributed by atoms with Crippen LogP contribution < -0.4 is 19.5 Å². The second-order valence-electron chi connectivity index (χ2n) is 6.68. The predicted molar refractivity (Wildman–Crippen MR) is 126 cm³/mol. The molecule has 3 rings (SSSR count). The van der Waals surface area contributed by atoms with Crippen molar-refractivity contribution in [3.8, 4) is 11.5 Å². The highest BCUT2D eigenvalue weighted by atomic mass is 32.2. The lowest BCUT2D eigenvalue weighted by Crippen LogP contribution is -2.13. The van der Waals surface area contributed by atoms with E-state index in [1.165, 1.54) is 30.3 Å². The first-order valence-electron chi connectivity index (χ1n) is 9.88. The molecule has 0 bridgehead atoms. The number of anilines is 2. The van der Waals surface area contributed by atoms with Gasteiger partial charge in [-0.15, -0.1) is 0 Å². The molecule has 0 saturated carbocycles. The summed E-state index contributed by atoms with van der Waals surface area (Å²) in [7, 11) is -2.18. The van der Waals surface area contributed by atoms with Crippen LogP contribution in [0.15, 0.2) is 83.8 Å². The van der Waals surface area contributed by atoms with E-state index in [9.17, 15) is 13.2 Å². The molecule has 166 valence electrons. The number of carbonyl (C=O) groups excluding carboxylic acids is 1. The average molecular weight is 453 g/mol. The molecule has 0 spiro atoms. The standard InChI is InChI=1S/C24H24N2O5S/c1-3-31-22-13-7-20(8-14-22)26-32(28,29)23-15-9-19(10-16-23)25-24(27)17-6-18-4-11-21(30-2)12-5-18/h4-17,26H,3H2,1-2H3,(H,25,27). The molecule has 0 unspecified atom stereocenters. The Kier molecular flexibility index (Phi) is 7.51. The highest BCUT2D eigenvalue weighted by molar-refractivity contribution is 7.92. The lowest BCUT2D eigenvalue weighted by atomic mass is 10.2. The van der Waals surface area contributed by atoms with Crippen LogP contribution in [0.4, 0.5) is 11.4 Å². The van der Waals surface area contributed by atoms with Crippen LogP contribution in [-0.2, 0) is 14.8 Å². The smallest absolute Gasteiger partial charge is 0.261 e. The van der Waals surface area contributed by atoms with E-state index in [2.05, 4.69) is 10.0 Å². The number of carbonyl (C=O) groups is 1. The summed E-state index contributed by atoms with van der Waals surface area (Å²) in [5, 5.41) is 2.70. The Bertz CT molecular complexity index is 1170. The number of ether oxygens (including phenoxy) is 2. The first-order chi connectivity index (χ1) is 15.4. The minimum Gasteiger partial charge on any atom is -0.497 e. The number of nitrogens with one attached hydrogen (secondary N) is 2. The Morgan fingerprint density at radius 3 is 2.06 bits per heavy atom. The summed E-state index contributed by atoms with van der Waals surface area (Å²) < 4.78 is 38.2. The number of methoxy groups -OCH3 is 1. The maximum absolute atomic E-state index is 12.6. The van der Waals surface area contributed by atoms with Gasteiger partial charge in [0.25, 0.3) is 10.0 Å². The van der Waals surface area contributed by atoms with Crippen molar-refractivity contribution in [2.75, 3.05) is 23.8 Å². The third-order valence-electron chi connectivity index (χ3n) is 4.39. The Morgan fingerprint density at radius 2 is 1.47 bits per heavy atom. The molecule has 0 aliphatic carbocycles. The molecular formula is C24H24N2O5S. The quantitative estimate of drug-likeness (QED) is 0.465. The van der Waals surface area contributed by atoms with Gasteiger partial charge in [0.1, 0.15) is 11.5 Å². The van der Waals surface area contributed by atoms with E-state index in [0.717, 1.165) is 11.3 Å². The first kappa shape index (κ1) is 22.9. The van der Waals surface area contributed by atoms with Crippen molar-refractivity contribution in [1.29, 1.82) is 0 Å². The van der Waals surface area contributed by atoms with Gasteiger partial charge in [0.05, 0.1) is 18.6 Å². The average Bonchev–Trinajstić information content (AvgIpc) is 2.80. The molecule has 2 N–H and O–H groups in total. The van der Waals surface area contributed by atoms with Gasteiger partial charge in [-0.3, -0.25) is 9.52 Å². The summed E-state index contributed by atoms with van der Waals surface area (Å²) in [4.78, 5) is 12.2. The zero-order valence-corrected chi connectivity index (χ0v) is 18.6. The van der Waals surface area contributed by atoms with Crippen LogP contribution in [0.1, 0.15) is 12.5 Å². The van der Waals surface area contributed by atoms with E-state index in [-0.39, 0.29) is 10.8 Å². The third-order valence-corrected chi connectivity index (χ3v) is 5.79. The molecule has 0 aliphatic rings. The van der Waals surface area contributed by atoms with Gasteiger partial charge in [0.15, 0.2) is 0 Å². The van der Waals surface area contributed by atoms with E-state index < -0.39 is 10.0 Å². The van der Waals surface area contributed by atoms with Crippen LogP contribution >= 0.6 is 0 Å². The van der Waals surface area contributed by atoms with Gasteiger partial charge in [-0.25, -0.2) is 8.42 Å². The number of rotatable bonds is 9. The Morgan fingerprint density at radius 1 is 0.875 bits per heavy atom. The van der Waals surface area contributed by atoms with Crippen molar-refractivity contribution in [3.05, 3.63) is 84.4 Å². The first-order valence-corrected chi connectivity index (χ1v) is 11.4. The number of benzene rings is 3.